The predicted molar refractivity (Wildman–Crippen MR) is 42.2 cm³/mol. The lowest BCUT2D eigenvalue weighted by atomic mass is 10.1. The second-order valence-electron chi connectivity index (χ2n) is 2.73. The standard InChI is InChI=1S/C8H16O3/c1-2-3-7(10)6-8(11)4-5-9/h5,7-8,10-11H,2-4,6H2,1H3. The third-order valence-corrected chi connectivity index (χ3v) is 1.53. The van der Waals surface area contributed by atoms with Gasteiger partial charge in [-0.3, -0.25) is 0 Å². The fourth-order valence-corrected chi connectivity index (χ4v) is 0.972. The average Bonchev–Trinajstić information content (AvgIpc) is 1.87. The van der Waals surface area contributed by atoms with Gasteiger partial charge in [0.25, 0.3) is 0 Å². The minimum Gasteiger partial charge on any atom is -0.393 e. The second-order valence-corrected chi connectivity index (χ2v) is 2.73. The molecule has 0 aromatic carbocycles. The molecule has 0 aliphatic carbocycles. The van der Waals surface area contributed by atoms with Crippen LogP contribution in [0.15, 0.2) is 0 Å². The zero-order valence-corrected chi connectivity index (χ0v) is 6.86. The van der Waals surface area contributed by atoms with Gasteiger partial charge in [0.05, 0.1) is 12.2 Å². The van der Waals surface area contributed by atoms with E-state index >= 15 is 0 Å². The van der Waals surface area contributed by atoms with Gasteiger partial charge < -0.3 is 15.0 Å². The highest BCUT2D eigenvalue weighted by Gasteiger charge is 2.09. The van der Waals surface area contributed by atoms with Gasteiger partial charge in [0.1, 0.15) is 6.29 Å². The van der Waals surface area contributed by atoms with Gasteiger partial charge in [-0.15, -0.1) is 0 Å². The number of rotatable bonds is 6. The quantitative estimate of drug-likeness (QED) is 0.556. The Bertz CT molecular complexity index is 104. The van der Waals surface area contributed by atoms with Gasteiger partial charge in [0.2, 0.25) is 0 Å². The van der Waals surface area contributed by atoms with E-state index in [9.17, 15) is 9.90 Å². The highest BCUT2D eigenvalue weighted by atomic mass is 16.3. The van der Waals surface area contributed by atoms with Crippen molar-refractivity contribution in [1.29, 1.82) is 0 Å². The Morgan fingerprint density at radius 2 is 2.00 bits per heavy atom. The molecule has 2 N–H and O–H groups in total. The summed E-state index contributed by atoms with van der Waals surface area (Å²) in [5.74, 6) is 0. The van der Waals surface area contributed by atoms with Crippen LogP contribution in [-0.4, -0.2) is 28.7 Å². The Morgan fingerprint density at radius 3 is 2.45 bits per heavy atom. The first-order chi connectivity index (χ1) is 5.20. The maximum Gasteiger partial charge on any atom is 0.122 e. The predicted octanol–water partition coefficient (Wildman–Crippen LogP) is 0.487. The highest BCUT2D eigenvalue weighted by molar-refractivity contribution is 5.49. The van der Waals surface area contributed by atoms with E-state index in [-0.39, 0.29) is 6.42 Å². The molecule has 3 nitrogen and oxygen atoms in total. The second kappa shape index (κ2) is 6.31. The molecule has 0 fully saturated rings. The first-order valence-corrected chi connectivity index (χ1v) is 4.00. The van der Waals surface area contributed by atoms with Crippen molar-refractivity contribution in [1.82, 2.24) is 0 Å². The van der Waals surface area contributed by atoms with Crippen molar-refractivity contribution in [3.05, 3.63) is 0 Å². The molecule has 0 bridgehead atoms. The molecule has 0 aliphatic heterocycles. The first-order valence-electron chi connectivity index (χ1n) is 4.00. The zero-order chi connectivity index (χ0) is 8.69. The Labute approximate surface area is 67.0 Å². The van der Waals surface area contributed by atoms with E-state index in [2.05, 4.69) is 0 Å². The SMILES string of the molecule is CCCC(O)CC(O)CC=O. The summed E-state index contributed by atoms with van der Waals surface area (Å²) >= 11 is 0. The number of carbonyl (C=O) groups is 1. The molecule has 0 spiro atoms. The summed E-state index contributed by atoms with van der Waals surface area (Å²) in [6.07, 6.45) is 1.56. The van der Waals surface area contributed by atoms with E-state index in [1.165, 1.54) is 0 Å². The number of aliphatic hydroxyl groups excluding tert-OH is 2. The smallest absolute Gasteiger partial charge is 0.122 e. The van der Waals surface area contributed by atoms with Crippen molar-refractivity contribution in [2.75, 3.05) is 0 Å². The van der Waals surface area contributed by atoms with Crippen molar-refractivity contribution in [2.45, 2.75) is 44.8 Å². The van der Waals surface area contributed by atoms with Crippen molar-refractivity contribution >= 4 is 6.29 Å². The molecule has 0 saturated heterocycles. The minimum atomic E-state index is -0.672. The number of aliphatic hydroxyl groups is 2. The molecule has 0 amide bonds. The van der Waals surface area contributed by atoms with Gasteiger partial charge in [-0.1, -0.05) is 13.3 Å². The van der Waals surface area contributed by atoms with E-state index in [1.54, 1.807) is 0 Å². The van der Waals surface area contributed by atoms with Crippen LogP contribution in [0.4, 0.5) is 0 Å². The number of aldehydes is 1. The summed E-state index contributed by atoms with van der Waals surface area (Å²) in [6, 6.07) is 0. The third-order valence-electron chi connectivity index (χ3n) is 1.53. The molecule has 3 heteroatoms. The molecule has 0 aromatic rings. The molecule has 66 valence electrons. The number of hydrogen-bond acceptors (Lipinski definition) is 3. The Hall–Kier alpha value is -0.410. The summed E-state index contributed by atoms with van der Waals surface area (Å²) in [5, 5.41) is 18.2. The van der Waals surface area contributed by atoms with Crippen LogP contribution in [0, 0.1) is 0 Å². The third kappa shape index (κ3) is 6.01. The van der Waals surface area contributed by atoms with Gasteiger partial charge in [0, 0.05) is 6.42 Å². The van der Waals surface area contributed by atoms with Crippen LogP contribution < -0.4 is 0 Å². The van der Waals surface area contributed by atoms with Crippen LogP contribution in [-0.2, 0) is 4.79 Å². The Balaban J connectivity index is 3.39. The molecule has 0 heterocycles. The summed E-state index contributed by atoms with van der Waals surface area (Å²) in [6.45, 7) is 1.97. The summed E-state index contributed by atoms with van der Waals surface area (Å²) < 4.78 is 0. The lowest BCUT2D eigenvalue weighted by Gasteiger charge is -2.12. The zero-order valence-electron chi connectivity index (χ0n) is 6.86. The van der Waals surface area contributed by atoms with Crippen molar-refractivity contribution in [2.24, 2.45) is 0 Å². The lowest BCUT2D eigenvalue weighted by molar-refractivity contribution is -0.109. The molecular formula is C8H16O3. The Morgan fingerprint density at radius 1 is 1.36 bits per heavy atom. The van der Waals surface area contributed by atoms with Crippen LogP contribution in [0.25, 0.3) is 0 Å². The van der Waals surface area contributed by atoms with Gasteiger partial charge in [-0.05, 0) is 12.8 Å². The molecule has 0 rings (SSSR count). The average molecular weight is 160 g/mol. The van der Waals surface area contributed by atoms with E-state index < -0.39 is 12.2 Å². The van der Waals surface area contributed by atoms with Crippen molar-refractivity contribution < 1.29 is 15.0 Å². The van der Waals surface area contributed by atoms with E-state index in [0.717, 1.165) is 6.42 Å². The maximum atomic E-state index is 9.91. The summed E-state index contributed by atoms with van der Waals surface area (Å²) in [4.78, 5) is 9.91. The van der Waals surface area contributed by atoms with Crippen LogP contribution in [0.2, 0.25) is 0 Å². The molecule has 2 atom stereocenters. The molecule has 0 radical (unpaired) electrons. The fraction of sp³-hybridized carbons (Fsp3) is 0.875. The molecule has 11 heavy (non-hydrogen) atoms. The normalized spacial score (nSPS) is 15.9. The minimum absolute atomic E-state index is 0.126. The van der Waals surface area contributed by atoms with Crippen LogP contribution in [0.5, 0.6) is 0 Å². The molecule has 0 saturated carbocycles. The van der Waals surface area contributed by atoms with Crippen LogP contribution in [0.1, 0.15) is 32.6 Å². The summed E-state index contributed by atoms with van der Waals surface area (Å²) in [5.41, 5.74) is 0. The largest absolute Gasteiger partial charge is 0.393 e. The molecule has 2 unspecified atom stereocenters. The molecular weight excluding hydrogens is 144 g/mol. The fourth-order valence-electron chi connectivity index (χ4n) is 0.972. The summed E-state index contributed by atoms with van der Waals surface area (Å²) in [7, 11) is 0. The molecule has 0 aliphatic rings. The van der Waals surface area contributed by atoms with E-state index in [1.807, 2.05) is 6.92 Å². The number of hydrogen-bond donors (Lipinski definition) is 2. The Kier molecular flexibility index (Phi) is 6.07. The van der Waals surface area contributed by atoms with Crippen LogP contribution >= 0.6 is 0 Å². The van der Waals surface area contributed by atoms with Gasteiger partial charge in [-0.2, -0.15) is 0 Å². The topological polar surface area (TPSA) is 57.5 Å². The number of carbonyl (C=O) groups excluding carboxylic acids is 1. The maximum absolute atomic E-state index is 9.91. The first kappa shape index (κ1) is 10.6. The van der Waals surface area contributed by atoms with E-state index in [4.69, 9.17) is 5.11 Å². The van der Waals surface area contributed by atoms with Crippen molar-refractivity contribution in [3.63, 3.8) is 0 Å². The monoisotopic (exact) mass is 160 g/mol. The van der Waals surface area contributed by atoms with Crippen LogP contribution in [0.3, 0.4) is 0 Å². The van der Waals surface area contributed by atoms with Gasteiger partial charge >= 0.3 is 0 Å². The highest BCUT2D eigenvalue weighted by Crippen LogP contribution is 2.06. The molecule has 0 aromatic heterocycles. The van der Waals surface area contributed by atoms with E-state index in [0.29, 0.717) is 19.1 Å². The van der Waals surface area contributed by atoms with Crippen molar-refractivity contribution in [3.8, 4) is 0 Å². The van der Waals surface area contributed by atoms with Gasteiger partial charge in [0.15, 0.2) is 0 Å². The lowest BCUT2D eigenvalue weighted by Crippen LogP contribution is -2.17. The van der Waals surface area contributed by atoms with Gasteiger partial charge in [-0.25, -0.2) is 0 Å².